The molecule has 3 rings (SSSR count). The zero-order valence-corrected chi connectivity index (χ0v) is 16.4. The van der Waals surface area contributed by atoms with E-state index >= 15 is 0 Å². The average molecular weight is 377 g/mol. The molecular weight excluding hydrogens is 354 g/mol. The van der Waals surface area contributed by atoms with E-state index in [0.717, 1.165) is 27.9 Å². The first-order valence-electron chi connectivity index (χ1n) is 8.96. The van der Waals surface area contributed by atoms with Crippen LogP contribution in [0.4, 0.5) is 5.69 Å². The van der Waals surface area contributed by atoms with E-state index in [9.17, 15) is 9.59 Å². The van der Waals surface area contributed by atoms with Crippen LogP contribution in [0.5, 0.6) is 5.75 Å². The second-order valence-electron chi connectivity index (χ2n) is 6.76. The summed E-state index contributed by atoms with van der Waals surface area (Å²) in [4.78, 5) is 29.3. The van der Waals surface area contributed by atoms with E-state index in [4.69, 9.17) is 4.74 Å². The summed E-state index contributed by atoms with van der Waals surface area (Å²) < 4.78 is 6.60. The average Bonchev–Trinajstić information content (AvgIpc) is 2.66. The highest BCUT2D eigenvalue weighted by Gasteiger charge is 2.12. The molecule has 1 N–H and O–H groups in total. The molecule has 6 heteroatoms. The molecule has 0 aliphatic heterocycles. The van der Waals surface area contributed by atoms with Gasteiger partial charge in [-0.2, -0.15) is 0 Å². The molecule has 1 aromatic heterocycles. The Balaban J connectivity index is 1.80. The predicted molar refractivity (Wildman–Crippen MR) is 110 cm³/mol. The summed E-state index contributed by atoms with van der Waals surface area (Å²) in [5.41, 5.74) is 4.82. The van der Waals surface area contributed by atoms with Crippen LogP contribution in [0.1, 0.15) is 16.7 Å². The van der Waals surface area contributed by atoms with Gasteiger partial charge in [0.15, 0.2) is 0 Å². The molecule has 144 valence electrons. The molecule has 0 radical (unpaired) electrons. The minimum Gasteiger partial charge on any atom is -0.496 e. The van der Waals surface area contributed by atoms with Crippen LogP contribution in [0, 0.1) is 20.8 Å². The molecule has 1 amide bonds. The Morgan fingerprint density at radius 2 is 1.79 bits per heavy atom. The molecule has 28 heavy (non-hydrogen) atoms. The van der Waals surface area contributed by atoms with E-state index in [1.54, 1.807) is 7.11 Å². The Bertz CT molecular complexity index is 1060. The van der Waals surface area contributed by atoms with Crippen molar-refractivity contribution in [3.05, 3.63) is 75.8 Å². The normalized spacial score (nSPS) is 10.6. The highest BCUT2D eigenvalue weighted by atomic mass is 16.5. The van der Waals surface area contributed by atoms with Crippen molar-refractivity contribution in [3.8, 4) is 17.0 Å². The smallest absolute Gasteiger partial charge is 0.254 e. The topological polar surface area (TPSA) is 73.2 Å². The maximum absolute atomic E-state index is 12.5. The second kappa shape index (κ2) is 8.08. The number of nitrogens with one attached hydrogen (secondary N) is 1. The highest BCUT2D eigenvalue weighted by Crippen LogP contribution is 2.26. The molecule has 3 aromatic rings. The predicted octanol–water partition coefficient (Wildman–Crippen LogP) is 3.48. The van der Waals surface area contributed by atoms with E-state index in [0.29, 0.717) is 11.4 Å². The molecule has 6 nitrogen and oxygen atoms in total. The third-order valence-corrected chi connectivity index (χ3v) is 4.52. The van der Waals surface area contributed by atoms with E-state index in [2.05, 4.69) is 10.3 Å². The molecule has 0 aliphatic carbocycles. The largest absolute Gasteiger partial charge is 0.496 e. The fourth-order valence-electron chi connectivity index (χ4n) is 3.26. The van der Waals surface area contributed by atoms with Gasteiger partial charge in [0, 0.05) is 17.3 Å². The molecule has 2 aromatic carbocycles. The van der Waals surface area contributed by atoms with Crippen LogP contribution < -0.4 is 15.6 Å². The standard InChI is InChI=1S/C22H23N3O3/c1-14-9-15(2)22(16(3)10-14)24-20(26)12-25-13-23-18(11-21(25)27)17-7-5-6-8-19(17)28-4/h5-11,13H,12H2,1-4H3,(H,24,26). The van der Waals surface area contributed by atoms with Gasteiger partial charge in [0.1, 0.15) is 12.3 Å². The molecule has 0 atom stereocenters. The molecule has 0 bridgehead atoms. The Kier molecular flexibility index (Phi) is 5.59. The van der Waals surface area contributed by atoms with Crippen molar-refractivity contribution in [1.29, 1.82) is 0 Å². The van der Waals surface area contributed by atoms with Crippen molar-refractivity contribution in [2.45, 2.75) is 27.3 Å². The van der Waals surface area contributed by atoms with Gasteiger partial charge >= 0.3 is 0 Å². The van der Waals surface area contributed by atoms with Gasteiger partial charge in [-0.15, -0.1) is 0 Å². The van der Waals surface area contributed by atoms with Crippen LogP contribution in [-0.4, -0.2) is 22.6 Å². The number of nitrogens with zero attached hydrogens (tertiary/aromatic N) is 2. The van der Waals surface area contributed by atoms with Crippen molar-refractivity contribution in [2.75, 3.05) is 12.4 Å². The minimum absolute atomic E-state index is 0.106. The van der Waals surface area contributed by atoms with Crippen molar-refractivity contribution < 1.29 is 9.53 Å². The molecule has 0 saturated heterocycles. The number of hydrogen-bond acceptors (Lipinski definition) is 4. The Hall–Kier alpha value is -3.41. The quantitative estimate of drug-likeness (QED) is 0.739. The summed E-state index contributed by atoms with van der Waals surface area (Å²) in [6, 6.07) is 12.8. The van der Waals surface area contributed by atoms with E-state index in [-0.39, 0.29) is 18.0 Å². The lowest BCUT2D eigenvalue weighted by molar-refractivity contribution is -0.116. The number of ether oxygens (including phenoxy) is 1. The molecule has 1 heterocycles. The van der Waals surface area contributed by atoms with Crippen LogP contribution in [0.15, 0.2) is 53.6 Å². The summed E-state index contributed by atoms with van der Waals surface area (Å²) in [5, 5.41) is 2.90. The Morgan fingerprint density at radius 3 is 2.43 bits per heavy atom. The fraction of sp³-hybridized carbons (Fsp3) is 0.227. The summed E-state index contributed by atoms with van der Waals surface area (Å²) in [7, 11) is 1.57. The summed E-state index contributed by atoms with van der Waals surface area (Å²) in [6.07, 6.45) is 1.39. The zero-order chi connectivity index (χ0) is 20.3. The molecular formula is C22H23N3O3. The number of benzene rings is 2. The monoisotopic (exact) mass is 377 g/mol. The van der Waals surface area contributed by atoms with Gasteiger partial charge in [-0.1, -0.05) is 29.8 Å². The molecule has 0 fully saturated rings. The van der Waals surface area contributed by atoms with Gasteiger partial charge in [0.2, 0.25) is 5.91 Å². The maximum atomic E-state index is 12.5. The van der Waals surface area contributed by atoms with Crippen molar-refractivity contribution in [1.82, 2.24) is 9.55 Å². The minimum atomic E-state index is -0.302. The number of aromatic nitrogens is 2. The van der Waals surface area contributed by atoms with Crippen molar-refractivity contribution >= 4 is 11.6 Å². The number of rotatable bonds is 5. The molecule has 0 saturated carbocycles. The Morgan fingerprint density at radius 1 is 1.11 bits per heavy atom. The fourth-order valence-corrected chi connectivity index (χ4v) is 3.26. The molecule has 0 spiro atoms. The number of anilines is 1. The van der Waals surface area contributed by atoms with Crippen molar-refractivity contribution in [3.63, 3.8) is 0 Å². The third-order valence-electron chi connectivity index (χ3n) is 4.52. The van der Waals surface area contributed by atoms with Crippen LogP contribution in [0.2, 0.25) is 0 Å². The van der Waals surface area contributed by atoms with E-state index in [1.165, 1.54) is 17.0 Å². The summed E-state index contributed by atoms with van der Waals surface area (Å²) in [6.45, 7) is 5.81. The first-order valence-corrected chi connectivity index (χ1v) is 8.96. The number of carbonyl (C=O) groups excluding carboxylic acids is 1. The summed E-state index contributed by atoms with van der Waals surface area (Å²) in [5.74, 6) is 0.360. The van der Waals surface area contributed by atoms with Gasteiger partial charge in [0.05, 0.1) is 19.1 Å². The van der Waals surface area contributed by atoms with Gasteiger partial charge in [-0.25, -0.2) is 4.98 Å². The van der Waals surface area contributed by atoms with Crippen molar-refractivity contribution in [2.24, 2.45) is 0 Å². The van der Waals surface area contributed by atoms with Gasteiger partial charge in [0.25, 0.3) is 5.56 Å². The van der Waals surface area contributed by atoms with E-state index < -0.39 is 0 Å². The Labute approximate surface area is 163 Å². The molecule has 0 unspecified atom stereocenters. The number of carbonyl (C=O) groups is 1. The maximum Gasteiger partial charge on any atom is 0.254 e. The van der Waals surface area contributed by atoms with E-state index in [1.807, 2.05) is 57.2 Å². The highest BCUT2D eigenvalue weighted by molar-refractivity contribution is 5.92. The number of amides is 1. The van der Waals surface area contributed by atoms with Crippen LogP contribution in [-0.2, 0) is 11.3 Å². The number of aryl methyl sites for hydroxylation is 3. The third kappa shape index (κ3) is 4.11. The van der Waals surface area contributed by atoms with Crippen LogP contribution in [0.25, 0.3) is 11.3 Å². The van der Waals surface area contributed by atoms with Gasteiger partial charge < -0.3 is 10.1 Å². The molecule has 0 aliphatic rings. The van der Waals surface area contributed by atoms with Crippen LogP contribution in [0.3, 0.4) is 0 Å². The zero-order valence-electron chi connectivity index (χ0n) is 16.4. The van der Waals surface area contributed by atoms with Gasteiger partial charge in [-0.3, -0.25) is 14.2 Å². The lowest BCUT2D eigenvalue weighted by atomic mass is 10.1. The van der Waals surface area contributed by atoms with Gasteiger partial charge in [-0.05, 0) is 44.0 Å². The first-order chi connectivity index (χ1) is 13.4. The lowest BCUT2D eigenvalue weighted by Gasteiger charge is -2.13. The second-order valence-corrected chi connectivity index (χ2v) is 6.76. The number of hydrogen-bond donors (Lipinski definition) is 1. The first kappa shape index (κ1) is 19.4. The summed E-state index contributed by atoms with van der Waals surface area (Å²) >= 11 is 0. The van der Waals surface area contributed by atoms with Crippen LogP contribution >= 0.6 is 0 Å². The lowest BCUT2D eigenvalue weighted by Crippen LogP contribution is -2.28. The number of para-hydroxylation sites is 1. The number of methoxy groups -OCH3 is 1. The SMILES string of the molecule is COc1ccccc1-c1cc(=O)n(CC(=O)Nc2c(C)cc(C)cc2C)cn1.